The largest absolute Gasteiger partial charge is 0.756 e. The van der Waals surface area contributed by atoms with Gasteiger partial charge in [0.15, 0.2) is 6.10 Å². The number of ether oxygens (including phenoxy) is 2. The molecule has 2 atom stereocenters. The van der Waals surface area contributed by atoms with Crippen LogP contribution in [0.2, 0.25) is 0 Å². The zero-order chi connectivity index (χ0) is 37.9. The molecule has 0 aliphatic rings. The molecule has 0 aromatic rings. The van der Waals surface area contributed by atoms with E-state index < -0.39 is 26.5 Å². The number of hydrogen-bond acceptors (Lipinski definition) is 8. The lowest BCUT2D eigenvalue weighted by Gasteiger charge is -2.28. The summed E-state index contributed by atoms with van der Waals surface area (Å²) in [7, 11) is 1.17. The summed E-state index contributed by atoms with van der Waals surface area (Å²) in [6.07, 6.45) is 33.7. The third kappa shape index (κ3) is 38.3. The van der Waals surface area contributed by atoms with Crippen molar-refractivity contribution >= 4 is 19.8 Å². The van der Waals surface area contributed by atoms with Gasteiger partial charge in [-0.1, -0.05) is 148 Å². The Balaban J connectivity index is 4.39. The number of nitrogens with zero attached hydrogens (tertiary/aromatic N) is 1. The normalized spacial score (nSPS) is 13.8. The van der Waals surface area contributed by atoms with Crippen LogP contribution in [0.3, 0.4) is 0 Å². The van der Waals surface area contributed by atoms with Crippen molar-refractivity contribution in [3.05, 3.63) is 12.2 Å². The Labute approximate surface area is 314 Å². The molecule has 51 heavy (non-hydrogen) atoms. The molecular formula is C41H80NO8P. The van der Waals surface area contributed by atoms with Gasteiger partial charge in [-0.05, 0) is 38.5 Å². The smallest absolute Gasteiger partial charge is 0.306 e. The maximum Gasteiger partial charge on any atom is 0.306 e. The monoisotopic (exact) mass is 746 g/mol. The molecule has 0 spiro atoms. The number of carbonyl (C=O) groups excluding carboxylic acids is 2. The maximum absolute atomic E-state index is 12.6. The Morgan fingerprint density at radius 2 is 1.00 bits per heavy atom. The second-order valence-corrected chi connectivity index (χ2v) is 16.8. The van der Waals surface area contributed by atoms with E-state index in [1.807, 2.05) is 21.1 Å². The molecule has 302 valence electrons. The van der Waals surface area contributed by atoms with Gasteiger partial charge in [-0.2, -0.15) is 0 Å². The minimum absolute atomic E-state index is 0.0295. The van der Waals surface area contributed by atoms with Gasteiger partial charge in [-0.25, -0.2) is 0 Å². The summed E-state index contributed by atoms with van der Waals surface area (Å²) in [6.45, 7) is 4.21. The number of carbonyl (C=O) groups is 2. The van der Waals surface area contributed by atoms with E-state index in [0.29, 0.717) is 17.4 Å². The lowest BCUT2D eigenvalue weighted by atomic mass is 10.0. The molecule has 0 radical (unpaired) electrons. The van der Waals surface area contributed by atoms with Crippen LogP contribution in [0.1, 0.15) is 187 Å². The highest BCUT2D eigenvalue weighted by atomic mass is 31.2. The summed E-state index contributed by atoms with van der Waals surface area (Å²) < 4.78 is 33.8. The van der Waals surface area contributed by atoms with Crippen molar-refractivity contribution in [2.75, 3.05) is 47.5 Å². The fourth-order valence-corrected chi connectivity index (χ4v) is 6.44. The van der Waals surface area contributed by atoms with E-state index in [-0.39, 0.29) is 32.0 Å². The fourth-order valence-electron chi connectivity index (χ4n) is 5.71. The van der Waals surface area contributed by atoms with Crippen molar-refractivity contribution in [2.24, 2.45) is 0 Å². The molecule has 0 fully saturated rings. The van der Waals surface area contributed by atoms with Gasteiger partial charge in [0, 0.05) is 12.8 Å². The second-order valence-electron chi connectivity index (χ2n) is 15.4. The number of rotatable bonds is 38. The van der Waals surface area contributed by atoms with Crippen LogP contribution in [0.4, 0.5) is 0 Å². The van der Waals surface area contributed by atoms with Crippen LogP contribution in [-0.2, 0) is 32.7 Å². The topological polar surface area (TPSA) is 111 Å². The van der Waals surface area contributed by atoms with Crippen molar-refractivity contribution in [3.63, 3.8) is 0 Å². The minimum atomic E-state index is -4.62. The van der Waals surface area contributed by atoms with Crippen molar-refractivity contribution in [1.82, 2.24) is 0 Å². The van der Waals surface area contributed by atoms with E-state index in [4.69, 9.17) is 18.5 Å². The second kappa shape index (κ2) is 34.5. The molecule has 0 amide bonds. The molecule has 0 bridgehead atoms. The number of phosphoric ester groups is 1. The van der Waals surface area contributed by atoms with Crippen molar-refractivity contribution in [3.8, 4) is 0 Å². The Kier molecular flexibility index (Phi) is 33.7. The third-order valence-electron chi connectivity index (χ3n) is 9.04. The Bertz CT molecular complexity index is 891. The molecule has 9 nitrogen and oxygen atoms in total. The van der Waals surface area contributed by atoms with Gasteiger partial charge in [0.1, 0.15) is 19.8 Å². The first kappa shape index (κ1) is 49.8. The van der Waals surface area contributed by atoms with Crippen LogP contribution in [0.5, 0.6) is 0 Å². The van der Waals surface area contributed by atoms with Crippen LogP contribution in [-0.4, -0.2) is 70.0 Å². The van der Waals surface area contributed by atoms with Gasteiger partial charge in [-0.3, -0.25) is 14.2 Å². The van der Waals surface area contributed by atoms with Gasteiger partial charge in [-0.15, -0.1) is 0 Å². The summed E-state index contributed by atoms with van der Waals surface area (Å²) in [5, 5.41) is 0. The highest BCUT2D eigenvalue weighted by Crippen LogP contribution is 2.38. The molecule has 1 unspecified atom stereocenters. The molecule has 0 heterocycles. The number of hydrogen-bond donors (Lipinski definition) is 0. The summed E-state index contributed by atoms with van der Waals surface area (Å²) in [6, 6.07) is 0. The number of allylic oxidation sites excluding steroid dienone is 2. The lowest BCUT2D eigenvalue weighted by molar-refractivity contribution is -0.870. The van der Waals surface area contributed by atoms with Crippen LogP contribution in [0, 0.1) is 0 Å². The van der Waals surface area contributed by atoms with Crippen molar-refractivity contribution in [1.29, 1.82) is 0 Å². The SMILES string of the molecule is CCCCCCC/C=C\CCCCCCCC(=O)O[C@H](COC(=O)CCCCCCCCCCCCCCC)COP(=O)([O-])OCC[N+](C)(C)C. The highest BCUT2D eigenvalue weighted by molar-refractivity contribution is 7.45. The van der Waals surface area contributed by atoms with Crippen LogP contribution >= 0.6 is 7.82 Å². The van der Waals surface area contributed by atoms with E-state index in [2.05, 4.69) is 26.0 Å². The van der Waals surface area contributed by atoms with Gasteiger partial charge in [0.2, 0.25) is 0 Å². The predicted molar refractivity (Wildman–Crippen MR) is 208 cm³/mol. The summed E-state index contributed by atoms with van der Waals surface area (Å²) in [5.74, 6) is -0.838. The molecule has 0 rings (SSSR count). The van der Waals surface area contributed by atoms with Gasteiger partial charge >= 0.3 is 11.9 Å². The summed E-state index contributed by atoms with van der Waals surface area (Å²) in [5.41, 5.74) is 0. The first-order valence-corrected chi connectivity index (χ1v) is 22.4. The molecule has 0 aliphatic carbocycles. The molecular weight excluding hydrogens is 665 g/mol. The molecule has 10 heteroatoms. The van der Waals surface area contributed by atoms with Gasteiger partial charge in [0.25, 0.3) is 7.82 Å². The first-order chi connectivity index (χ1) is 24.5. The van der Waals surface area contributed by atoms with Crippen LogP contribution < -0.4 is 4.89 Å². The van der Waals surface area contributed by atoms with Gasteiger partial charge in [0.05, 0.1) is 27.7 Å². The summed E-state index contributed by atoms with van der Waals surface area (Å²) in [4.78, 5) is 37.4. The maximum atomic E-state index is 12.6. The van der Waals surface area contributed by atoms with E-state index >= 15 is 0 Å². The lowest BCUT2D eigenvalue weighted by Crippen LogP contribution is -2.37. The zero-order valence-corrected chi connectivity index (χ0v) is 34.7. The summed E-state index contributed by atoms with van der Waals surface area (Å²) >= 11 is 0. The molecule has 0 saturated heterocycles. The average Bonchev–Trinajstić information content (AvgIpc) is 3.07. The van der Waals surface area contributed by atoms with E-state index in [1.165, 1.54) is 103 Å². The number of likely N-dealkylation sites (N-methyl/N-ethyl adjacent to an activating group) is 1. The average molecular weight is 746 g/mol. The quantitative estimate of drug-likeness (QED) is 0.0202. The third-order valence-corrected chi connectivity index (χ3v) is 10.00. The molecule has 0 saturated carbocycles. The predicted octanol–water partition coefficient (Wildman–Crippen LogP) is 10.8. The van der Waals surface area contributed by atoms with E-state index in [0.717, 1.165) is 51.4 Å². The number of phosphoric acid groups is 1. The number of quaternary nitrogens is 1. The molecule has 0 N–H and O–H groups in total. The standard InChI is InChI=1S/C41H80NO8P/c1-6-8-10-12-14-16-18-20-22-24-26-28-30-32-34-41(44)50-39(38-49-51(45,46)48-36-35-42(3,4)5)37-47-40(43)33-31-29-27-25-23-21-19-17-15-13-11-9-7-2/h18,20,39H,6-17,19,21-38H2,1-5H3/b20-18-/t39-/m1/s1. The first-order valence-electron chi connectivity index (χ1n) is 20.9. The Morgan fingerprint density at radius 1 is 0.588 bits per heavy atom. The van der Waals surface area contributed by atoms with E-state index in [1.54, 1.807) is 0 Å². The number of unbranched alkanes of at least 4 members (excludes halogenated alkanes) is 22. The minimum Gasteiger partial charge on any atom is -0.756 e. The van der Waals surface area contributed by atoms with Crippen molar-refractivity contribution in [2.45, 2.75) is 193 Å². The molecule has 0 aromatic carbocycles. The van der Waals surface area contributed by atoms with Crippen molar-refractivity contribution < 1.29 is 42.1 Å². The Morgan fingerprint density at radius 3 is 1.45 bits per heavy atom. The van der Waals surface area contributed by atoms with Crippen LogP contribution in [0.25, 0.3) is 0 Å². The van der Waals surface area contributed by atoms with Crippen LogP contribution in [0.15, 0.2) is 12.2 Å². The number of esters is 2. The Hall–Kier alpha value is -1.25. The fraction of sp³-hybridized carbons (Fsp3) is 0.902. The molecule has 0 aromatic heterocycles. The van der Waals surface area contributed by atoms with E-state index in [9.17, 15) is 19.0 Å². The van der Waals surface area contributed by atoms with Gasteiger partial charge < -0.3 is 27.9 Å². The molecule has 0 aliphatic heterocycles. The zero-order valence-electron chi connectivity index (χ0n) is 33.8. The highest BCUT2D eigenvalue weighted by Gasteiger charge is 2.21.